The van der Waals surface area contributed by atoms with Crippen molar-refractivity contribution in [1.82, 2.24) is 0 Å². The van der Waals surface area contributed by atoms with E-state index < -0.39 is 0 Å². The minimum absolute atomic E-state index is 0.764. The standard InChI is InChI=1S/C20H21N/c1-2-18(19-13-7-4-8-14-19)16-20(21)15-9-12-17-10-5-3-6-11-17/h2-15H,16,21H2,1H3/b12-9+,18-2+,20-15+. The lowest BCUT2D eigenvalue weighted by Crippen LogP contribution is -1.98. The Morgan fingerprint density at radius 3 is 2.19 bits per heavy atom. The van der Waals surface area contributed by atoms with Gasteiger partial charge in [0.25, 0.3) is 0 Å². The molecule has 0 saturated heterocycles. The van der Waals surface area contributed by atoms with E-state index in [9.17, 15) is 0 Å². The van der Waals surface area contributed by atoms with Crippen molar-refractivity contribution in [3.63, 3.8) is 0 Å². The molecule has 1 heteroatoms. The van der Waals surface area contributed by atoms with Crippen LogP contribution in [0.4, 0.5) is 0 Å². The molecule has 0 atom stereocenters. The van der Waals surface area contributed by atoms with Gasteiger partial charge in [0.15, 0.2) is 0 Å². The molecule has 0 unspecified atom stereocenters. The average molecular weight is 275 g/mol. The van der Waals surface area contributed by atoms with E-state index >= 15 is 0 Å². The molecule has 0 bridgehead atoms. The van der Waals surface area contributed by atoms with Crippen molar-refractivity contribution in [2.45, 2.75) is 13.3 Å². The summed E-state index contributed by atoms with van der Waals surface area (Å²) in [6, 6.07) is 20.6. The largest absolute Gasteiger partial charge is 0.402 e. The molecule has 0 spiro atoms. The lowest BCUT2D eigenvalue weighted by molar-refractivity contribution is 1.18. The van der Waals surface area contributed by atoms with Crippen LogP contribution in [0.15, 0.2) is 84.6 Å². The topological polar surface area (TPSA) is 26.0 Å². The van der Waals surface area contributed by atoms with Crippen molar-refractivity contribution in [3.05, 3.63) is 95.7 Å². The molecule has 2 N–H and O–H groups in total. The summed E-state index contributed by atoms with van der Waals surface area (Å²) < 4.78 is 0. The highest BCUT2D eigenvalue weighted by Gasteiger charge is 2.00. The van der Waals surface area contributed by atoms with Gasteiger partial charge in [-0.25, -0.2) is 0 Å². The maximum absolute atomic E-state index is 6.12. The lowest BCUT2D eigenvalue weighted by Gasteiger charge is -2.07. The summed E-state index contributed by atoms with van der Waals surface area (Å²) in [5.41, 5.74) is 10.6. The van der Waals surface area contributed by atoms with Gasteiger partial charge in [0.2, 0.25) is 0 Å². The van der Waals surface area contributed by atoms with E-state index in [0.717, 1.165) is 12.1 Å². The van der Waals surface area contributed by atoms with Crippen LogP contribution in [-0.2, 0) is 0 Å². The van der Waals surface area contributed by atoms with Crippen molar-refractivity contribution < 1.29 is 0 Å². The molecule has 21 heavy (non-hydrogen) atoms. The van der Waals surface area contributed by atoms with Gasteiger partial charge in [0, 0.05) is 12.1 Å². The summed E-state index contributed by atoms with van der Waals surface area (Å²) in [7, 11) is 0. The first kappa shape index (κ1) is 14.9. The minimum atomic E-state index is 0.764. The summed E-state index contributed by atoms with van der Waals surface area (Å²) in [6.07, 6.45) is 8.92. The van der Waals surface area contributed by atoms with Crippen LogP contribution in [0.3, 0.4) is 0 Å². The quantitative estimate of drug-likeness (QED) is 0.760. The first-order valence-electron chi connectivity index (χ1n) is 7.18. The first-order chi connectivity index (χ1) is 10.3. The molecule has 0 heterocycles. The normalized spacial score (nSPS) is 12.8. The molecular weight excluding hydrogens is 254 g/mol. The molecule has 0 saturated carbocycles. The van der Waals surface area contributed by atoms with E-state index in [0.29, 0.717) is 0 Å². The fraction of sp³-hybridized carbons (Fsp3) is 0.100. The Kier molecular flexibility index (Phi) is 5.60. The van der Waals surface area contributed by atoms with Crippen molar-refractivity contribution in [1.29, 1.82) is 0 Å². The van der Waals surface area contributed by atoms with Gasteiger partial charge in [-0.2, -0.15) is 0 Å². The Balaban J connectivity index is 2.02. The maximum atomic E-state index is 6.12. The van der Waals surface area contributed by atoms with Gasteiger partial charge in [-0.1, -0.05) is 78.9 Å². The fourth-order valence-electron chi connectivity index (χ4n) is 2.15. The van der Waals surface area contributed by atoms with Crippen LogP contribution in [0, 0.1) is 0 Å². The minimum Gasteiger partial charge on any atom is -0.402 e. The predicted molar refractivity (Wildman–Crippen MR) is 92.5 cm³/mol. The third-order valence-electron chi connectivity index (χ3n) is 3.29. The molecule has 106 valence electrons. The molecule has 2 aromatic carbocycles. The second-order valence-electron chi connectivity index (χ2n) is 4.87. The molecule has 0 aliphatic rings. The van der Waals surface area contributed by atoms with Crippen LogP contribution >= 0.6 is 0 Å². The van der Waals surface area contributed by atoms with Gasteiger partial charge in [-0.15, -0.1) is 0 Å². The molecule has 0 amide bonds. The van der Waals surface area contributed by atoms with Crippen molar-refractivity contribution in [2.75, 3.05) is 0 Å². The zero-order valence-electron chi connectivity index (χ0n) is 12.4. The molecule has 0 aliphatic carbocycles. The number of rotatable bonds is 5. The van der Waals surface area contributed by atoms with Crippen molar-refractivity contribution in [2.24, 2.45) is 5.73 Å². The number of allylic oxidation sites excluding steroid dienone is 4. The van der Waals surface area contributed by atoms with E-state index in [2.05, 4.69) is 43.3 Å². The molecule has 1 nitrogen and oxygen atoms in total. The van der Waals surface area contributed by atoms with Crippen LogP contribution in [-0.4, -0.2) is 0 Å². The van der Waals surface area contributed by atoms with Gasteiger partial charge >= 0.3 is 0 Å². The van der Waals surface area contributed by atoms with Crippen molar-refractivity contribution >= 4 is 11.6 Å². The smallest absolute Gasteiger partial charge is 0.0125 e. The molecule has 0 radical (unpaired) electrons. The van der Waals surface area contributed by atoms with Crippen LogP contribution in [0.2, 0.25) is 0 Å². The zero-order chi connectivity index (χ0) is 14.9. The highest BCUT2D eigenvalue weighted by Crippen LogP contribution is 2.20. The Labute approximate surface area is 127 Å². The van der Waals surface area contributed by atoms with E-state index in [1.165, 1.54) is 16.7 Å². The second-order valence-corrected chi connectivity index (χ2v) is 4.87. The number of hydrogen-bond acceptors (Lipinski definition) is 1. The monoisotopic (exact) mass is 275 g/mol. The summed E-state index contributed by atoms with van der Waals surface area (Å²) in [4.78, 5) is 0. The van der Waals surface area contributed by atoms with Gasteiger partial charge in [-0.05, 0) is 29.7 Å². The Morgan fingerprint density at radius 2 is 1.57 bits per heavy atom. The number of nitrogens with two attached hydrogens (primary N) is 1. The SMILES string of the molecule is C/C=C(\C/C(N)=C\C=C\c1ccccc1)c1ccccc1. The van der Waals surface area contributed by atoms with E-state index in [1.807, 2.05) is 48.6 Å². The Bertz CT molecular complexity index is 634. The molecule has 2 rings (SSSR count). The molecule has 0 aromatic heterocycles. The number of benzene rings is 2. The third kappa shape index (κ3) is 4.81. The van der Waals surface area contributed by atoms with Gasteiger partial charge in [0.1, 0.15) is 0 Å². The predicted octanol–water partition coefficient (Wildman–Crippen LogP) is 5.04. The summed E-state index contributed by atoms with van der Waals surface area (Å²) >= 11 is 0. The third-order valence-corrected chi connectivity index (χ3v) is 3.29. The molecule has 2 aromatic rings. The van der Waals surface area contributed by atoms with E-state index in [4.69, 9.17) is 5.73 Å². The summed E-state index contributed by atoms with van der Waals surface area (Å²) in [6.45, 7) is 2.05. The number of hydrogen-bond donors (Lipinski definition) is 1. The molecule has 0 aliphatic heterocycles. The average Bonchev–Trinajstić information content (AvgIpc) is 2.54. The molecule has 0 fully saturated rings. The van der Waals surface area contributed by atoms with Gasteiger partial charge in [0.05, 0.1) is 0 Å². The Hall–Kier alpha value is -2.54. The maximum Gasteiger partial charge on any atom is 0.0125 e. The second kappa shape index (κ2) is 7.91. The summed E-state index contributed by atoms with van der Waals surface area (Å²) in [5, 5.41) is 0. The van der Waals surface area contributed by atoms with Gasteiger partial charge < -0.3 is 5.73 Å². The van der Waals surface area contributed by atoms with Gasteiger partial charge in [-0.3, -0.25) is 0 Å². The van der Waals surface area contributed by atoms with E-state index in [-0.39, 0.29) is 0 Å². The molecular formula is C20H21N. The zero-order valence-corrected chi connectivity index (χ0v) is 12.4. The fourth-order valence-corrected chi connectivity index (χ4v) is 2.15. The highest BCUT2D eigenvalue weighted by molar-refractivity contribution is 5.67. The van der Waals surface area contributed by atoms with Crippen molar-refractivity contribution in [3.8, 4) is 0 Å². The van der Waals surface area contributed by atoms with E-state index in [1.54, 1.807) is 0 Å². The first-order valence-corrected chi connectivity index (χ1v) is 7.18. The summed E-state index contributed by atoms with van der Waals surface area (Å²) in [5.74, 6) is 0. The lowest BCUT2D eigenvalue weighted by atomic mass is 10.0. The Morgan fingerprint density at radius 1 is 0.952 bits per heavy atom. The van der Waals surface area contributed by atoms with Crippen LogP contribution in [0.5, 0.6) is 0 Å². The van der Waals surface area contributed by atoms with Crippen LogP contribution in [0.1, 0.15) is 24.5 Å². The highest BCUT2D eigenvalue weighted by atomic mass is 14.6. The van der Waals surface area contributed by atoms with Crippen LogP contribution < -0.4 is 5.73 Å². The van der Waals surface area contributed by atoms with Crippen LogP contribution in [0.25, 0.3) is 11.6 Å².